The number of ether oxygens (including phenoxy) is 2. The Labute approximate surface area is 157 Å². The first-order valence-corrected chi connectivity index (χ1v) is 9.07. The van der Waals surface area contributed by atoms with E-state index in [0.29, 0.717) is 55.5 Å². The summed E-state index contributed by atoms with van der Waals surface area (Å²) in [5.41, 5.74) is 1.43. The van der Waals surface area contributed by atoms with Crippen LogP contribution in [0.3, 0.4) is 0 Å². The van der Waals surface area contributed by atoms with E-state index in [1.54, 1.807) is 24.4 Å². The van der Waals surface area contributed by atoms with Crippen LogP contribution in [0.15, 0.2) is 42.6 Å². The number of benzene rings is 1. The van der Waals surface area contributed by atoms with Crippen LogP contribution >= 0.6 is 11.6 Å². The zero-order valence-corrected chi connectivity index (χ0v) is 15.0. The monoisotopic (exact) mass is 373 g/mol. The molecule has 1 aromatic heterocycles. The van der Waals surface area contributed by atoms with E-state index in [2.05, 4.69) is 10.3 Å². The summed E-state index contributed by atoms with van der Waals surface area (Å²) in [6.07, 6.45) is 3.05. The van der Waals surface area contributed by atoms with Gasteiger partial charge >= 0.3 is 0 Å². The van der Waals surface area contributed by atoms with E-state index in [1.165, 1.54) is 0 Å². The number of piperidine rings is 1. The smallest absolute Gasteiger partial charge is 0.254 e. The lowest BCUT2D eigenvalue weighted by Crippen LogP contribution is -2.47. The lowest BCUT2D eigenvalue weighted by molar-refractivity contribution is -0.181. The van der Waals surface area contributed by atoms with Gasteiger partial charge in [-0.1, -0.05) is 17.7 Å². The highest BCUT2D eigenvalue weighted by Crippen LogP contribution is 2.31. The molecule has 26 heavy (non-hydrogen) atoms. The lowest BCUT2D eigenvalue weighted by atomic mass is 10.0. The number of nitrogens with one attached hydrogen (secondary N) is 1. The maximum Gasteiger partial charge on any atom is 0.254 e. The molecule has 4 rings (SSSR count). The third kappa shape index (κ3) is 3.67. The second-order valence-electron chi connectivity index (χ2n) is 6.46. The van der Waals surface area contributed by atoms with Gasteiger partial charge < -0.3 is 19.7 Å². The molecule has 2 aromatic rings. The molecule has 2 aliphatic heterocycles. The second kappa shape index (κ2) is 7.23. The fourth-order valence-corrected chi connectivity index (χ4v) is 3.56. The number of pyridine rings is 1. The molecule has 7 heteroatoms. The number of carbonyl (C=O) groups is 1. The van der Waals surface area contributed by atoms with Crippen molar-refractivity contribution < 1.29 is 14.3 Å². The van der Waals surface area contributed by atoms with Crippen LogP contribution in [-0.2, 0) is 9.47 Å². The van der Waals surface area contributed by atoms with Crippen molar-refractivity contribution in [1.29, 1.82) is 0 Å². The number of amides is 1. The quantitative estimate of drug-likeness (QED) is 0.892. The van der Waals surface area contributed by atoms with E-state index in [-0.39, 0.29) is 5.91 Å². The van der Waals surface area contributed by atoms with E-state index in [9.17, 15) is 4.79 Å². The molecule has 3 heterocycles. The van der Waals surface area contributed by atoms with Gasteiger partial charge in [-0.3, -0.25) is 4.79 Å². The molecule has 0 saturated carbocycles. The topological polar surface area (TPSA) is 63.7 Å². The number of anilines is 2. The van der Waals surface area contributed by atoms with E-state index in [4.69, 9.17) is 21.1 Å². The maximum absolute atomic E-state index is 12.8. The zero-order chi connectivity index (χ0) is 18.0. The van der Waals surface area contributed by atoms with Crippen molar-refractivity contribution in [3.05, 3.63) is 53.2 Å². The Kier molecular flexibility index (Phi) is 4.80. The third-order valence-electron chi connectivity index (χ3n) is 4.73. The summed E-state index contributed by atoms with van der Waals surface area (Å²) in [6.45, 7) is 2.52. The number of likely N-dealkylation sites (tertiary alicyclic amines) is 1. The van der Waals surface area contributed by atoms with Crippen molar-refractivity contribution in [1.82, 2.24) is 9.88 Å². The molecule has 136 valence electrons. The van der Waals surface area contributed by atoms with Crippen molar-refractivity contribution in [3.8, 4) is 0 Å². The molecule has 0 unspecified atom stereocenters. The molecular weight excluding hydrogens is 354 g/mol. The largest absolute Gasteiger partial charge is 0.347 e. The summed E-state index contributed by atoms with van der Waals surface area (Å²) in [5.74, 6) is 0.123. The highest BCUT2D eigenvalue weighted by atomic mass is 35.5. The van der Waals surface area contributed by atoms with E-state index >= 15 is 0 Å². The summed E-state index contributed by atoms with van der Waals surface area (Å²) in [7, 11) is 0. The van der Waals surface area contributed by atoms with Crippen LogP contribution in [0.1, 0.15) is 23.2 Å². The fraction of sp³-hybridized carbons (Fsp3) is 0.368. The SMILES string of the molecule is O=C(c1ccnc(Nc2cccc(Cl)c2)c1)N1CCC2(CC1)OCCO2. The maximum atomic E-state index is 12.8. The molecule has 0 bridgehead atoms. The van der Waals surface area contributed by atoms with Gasteiger partial charge in [0.1, 0.15) is 5.82 Å². The molecule has 6 nitrogen and oxygen atoms in total. The molecular formula is C19H20ClN3O3. The predicted octanol–water partition coefficient (Wildman–Crippen LogP) is 3.46. The summed E-state index contributed by atoms with van der Waals surface area (Å²) < 4.78 is 11.4. The van der Waals surface area contributed by atoms with Crippen LogP contribution in [0, 0.1) is 0 Å². The molecule has 0 atom stereocenters. The Morgan fingerprint density at radius 3 is 2.65 bits per heavy atom. The van der Waals surface area contributed by atoms with Crippen molar-refractivity contribution in [2.75, 3.05) is 31.6 Å². The van der Waals surface area contributed by atoms with Gasteiger partial charge in [0.05, 0.1) is 13.2 Å². The first-order valence-electron chi connectivity index (χ1n) is 8.69. The van der Waals surface area contributed by atoms with Gasteiger partial charge in [-0.15, -0.1) is 0 Å². The minimum atomic E-state index is -0.478. The van der Waals surface area contributed by atoms with Gasteiger partial charge in [0.15, 0.2) is 5.79 Å². The van der Waals surface area contributed by atoms with Gasteiger partial charge in [-0.05, 0) is 30.3 Å². The van der Waals surface area contributed by atoms with Gasteiger partial charge in [-0.2, -0.15) is 0 Å². The lowest BCUT2D eigenvalue weighted by Gasteiger charge is -2.37. The summed E-state index contributed by atoms with van der Waals surface area (Å²) in [5, 5.41) is 3.82. The summed E-state index contributed by atoms with van der Waals surface area (Å²) >= 11 is 6.00. The molecule has 1 spiro atoms. The highest BCUT2D eigenvalue weighted by Gasteiger charge is 2.40. The van der Waals surface area contributed by atoms with E-state index < -0.39 is 5.79 Å². The van der Waals surface area contributed by atoms with Crippen molar-refractivity contribution in [2.24, 2.45) is 0 Å². The minimum absolute atomic E-state index is 0.00519. The standard InChI is InChI=1S/C19H20ClN3O3/c20-15-2-1-3-16(13-15)22-17-12-14(4-7-21-17)18(24)23-8-5-19(6-9-23)25-10-11-26-19/h1-4,7,12-13H,5-6,8-11H2,(H,21,22). The molecule has 0 aliphatic carbocycles. The Balaban J connectivity index is 1.43. The fourth-order valence-electron chi connectivity index (χ4n) is 3.36. The number of halogens is 1. The van der Waals surface area contributed by atoms with Gasteiger partial charge in [0.2, 0.25) is 0 Å². The summed E-state index contributed by atoms with van der Waals surface area (Å²) in [6, 6.07) is 10.9. The van der Waals surface area contributed by atoms with Crippen molar-refractivity contribution in [2.45, 2.75) is 18.6 Å². The van der Waals surface area contributed by atoms with Crippen LogP contribution in [0.2, 0.25) is 5.02 Å². The first kappa shape index (κ1) is 17.3. The summed E-state index contributed by atoms with van der Waals surface area (Å²) in [4.78, 5) is 19.0. The first-order chi connectivity index (χ1) is 12.6. The number of hydrogen-bond donors (Lipinski definition) is 1. The molecule has 2 aliphatic rings. The Morgan fingerprint density at radius 2 is 1.92 bits per heavy atom. The average Bonchev–Trinajstić information content (AvgIpc) is 3.10. The Hall–Kier alpha value is -2.15. The Bertz CT molecular complexity index is 798. The third-order valence-corrected chi connectivity index (χ3v) is 4.97. The molecule has 1 aromatic carbocycles. The van der Waals surface area contributed by atoms with E-state index in [0.717, 1.165) is 5.69 Å². The molecule has 0 radical (unpaired) electrons. The minimum Gasteiger partial charge on any atom is -0.347 e. The number of carbonyl (C=O) groups excluding carboxylic acids is 1. The number of aromatic nitrogens is 1. The zero-order valence-electron chi connectivity index (χ0n) is 14.3. The van der Waals surface area contributed by atoms with Crippen LogP contribution in [0.5, 0.6) is 0 Å². The predicted molar refractivity (Wildman–Crippen MR) is 98.7 cm³/mol. The van der Waals surface area contributed by atoms with Gasteiger partial charge in [0, 0.05) is 48.4 Å². The number of hydrogen-bond acceptors (Lipinski definition) is 5. The van der Waals surface area contributed by atoms with Gasteiger partial charge in [-0.25, -0.2) is 4.98 Å². The number of rotatable bonds is 3. The van der Waals surface area contributed by atoms with Gasteiger partial charge in [0.25, 0.3) is 5.91 Å². The number of nitrogens with zero attached hydrogens (tertiary/aromatic N) is 2. The molecule has 2 saturated heterocycles. The molecule has 2 fully saturated rings. The highest BCUT2D eigenvalue weighted by molar-refractivity contribution is 6.30. The average molecular weight is 374 g/mol. The van der Waals surface area contributed by atoms with Crippen LogP contribution in [0.4, 0.5) is 11.5 Å². The normalized spacial score (nSPS) is 18.9. The molecule has 1 N–H and O–H groups in total. The van der Waals surface area contributed by atoms with Crippen LogP contribution in [0.25, 0.3) is 0 Å². The van der Waals surface area contributed by atoms with Crippen molar-refractivity contribution >= 4 is 29.0 Å². The van der Waals surface area contributed by atoms with E-state index in [1.807, 2.05) is 23.1 Å². The molecule has 1 amide bonds. The van der Waals surface area contributed by atoms with Crippen LogP contribution < -0.4 is 5.32 Å². The second-order valence-corrected chi connectivity index (χ2v) is 6.90. The Morgan fingerprint density at radius 1 is 1.15 bits per heavy atom. The van der Waals surface area contributed by atoms with Crippen LogP contribution in [-0.4, -0.2) is 47.9 Å². The van der Waals surface area contributed by atoms with Crippen molar-refractivity contribution in [3.63, 3.8) is 0 Å².